The van der Waals surface area contributed by atoms with Gasteiger partial charge in [0.15, 0.2) is 0 Å². The zero-order valence-electron chi connectivity index (χ0n) is 14.9. The second-order valence-corrected chi connectivity index (χ2v) is 8.98. The largest absolute Gasteiger partial charge is 0.379 e. The maximum atomic E-state index is 12.6. The van der Waals surface area contributed by atoms with Crippen molar-refractivity contribution in [2.24, 2.45) is 11.8 Å². The lowest BCUT2D eigenvalue weighted by molar-refractivity contribution is -0.122. The topological polar surface area (TPSA) is 80.8 Å². The molecule has 2 aromatic carbocycles. The van der Waals surface area contributed by atoms with Gasteiger partial charge in [-0.05, 0) is 61.4 Å². The summed E-state index contributed by atoms with van der Waals surface area (Å²) in [5, 5.41) is 0.420. The van der Waals surface area contributed by atoms with Gasteiger partial charge in [-0.15, -0.1) is 0 Å². The van der Waals surface area contributed by atoms with E-state index in [9.17, 15) is 18.0 Å². The highest BCUT2D eigenvalue weighted by Crippen LogP contribution is 2.40. The van der Waals surface area contributed by atoms with Crippen LogP contribution in [-0.2, 0) is 19.7 Å². The van der Waals surface area contributed by atoms with Crippen molar-refractivity contribution < 1.29 is 22.2 Å². The molecule has 2 fully saturated rings. The molecule has 1 saturated heterocycles. The molecule has 6 nitrogen and oxygen atoms in total. The van der Waals surface area contributed by atoms with E-state index in [1.807, 2.05) is 0 Å². The third kappa shape index (κ3) is 3.40. The van der Waals surface area contributed by atoms with Crippen LogP contribution < -0.4 is 9.08 Å². The fraction of sp³-hybridized carbons (Fsp3) is 0.300. The molecule has 1 aliphatic carbocycles. The van der Waals surface area contributed by atoms with Gasteiger partial charge in [-0.2, -0.15) is 8.42 Å². The SMILES string of the molecule is O=C1[C@H]2CCCC[C@@H]2C(=O)N1c1ccc(OS(=O)(=O)c2ccc(Cl)cc2)cc1. The Hall–Kier alpha value is -2.38. The van der Waals surface area contributed by atoms with Gasteiger partial charge in [-0.3, -0.25) is 14.5 Å². The Morgan fingerprint density at radius 1 is 0.857 bits per heavy atom. The first-order chi connectivity index (χ1) is 13.4. The number of hydrogen-bond acceptors (Lipinski definition) is 5. The maximum Gasteiger partial charge on any atom is 0.339 e. The minimum atomic E-state index is -4.01. The van der Waals surface area contributed by atoms with E-state index in [0.717, 1.165) is 25.7 Å². The lowest BCUT2D eigenvalue weighted by Gasteiger charge is -2.19. The minimum absolute atomic E-state index is 0.0186. The number of rotatable bonds is 4. The molecule has 1 heterocycles. The first kappa shape index (κ1) is 19.0. The second-order valence-electron chi connectivity index (χ2n) is 6.99. The number of nitrogens with zero attached hydrogens (tertiary/aromatic N) is 1. The molecule has 2 atom stereocenters. The van der Waals surface area contributed by atoms with E-state index in [1.54, 1.807) is 0 Å². The molecule has 2 amide bonds. The number of hydrogen-bond donors (Lipinski definition) is 0. The molecule has 0 N–H and O–H groups in total. The van der Waals surface area contributed by atoms with E-state index in [4.69, 9.17) is 15.8 Å². The summed E-state index contributed by atoms with van der Waals surface area (Å²) in [6.07, 6.45) is 3.41. The fourth-order valence-corrected chi connectivity index (χ4v) is 4.90. The molecule has 1 aliphatic heterocycles. The average Bonchev–Trinajstić information content (AvgIpc) is 2.94. The Kier molecular flexibility index (Phi) is 4.89. The van der Waals surface area contributed by atoms with E-state index in [-0.39, 0.29) is 34.3 Å². The Balaban J connectivity index is 1.53. The molecule has 28 heavy (non-hydrogen) atoms. The van der Waals surface area contributed by atoms with Crippen LogP contribution in [0, 0.1) is 11.8 Å². The minimum Gasteiger partial charge on any atom is -0.379 e. The standard InChI is InChI=1S/C20H18ClNO5S/c21-13-5-11-16(12-6-13)28(25,26)27-15-9-7-14(8-10-15)22-19(23)17-3-1-2-4-18(17)20(22)24/h5-12,17-18H,1-4H2/t17-,18-/m0/s1. The average molecular weight is 420 g/mol. The highest BCUT2D eigenvalue weighted by Gasteiger charge is 2.48. The molecule has 146 valence electrons. The van der Waals surface area contributed by atoms with Crippen LogP contribution in [0.3, 0.4) is 0 Å². The van der Waals surface area contributed by atoms with E-state index >= 15 is 0 Å². The molecule has 0 unspecified atom stereocenters. The Labute approximate surface area is 168 Å². The van der Waals surface area contributed by atoms with Crippen molar-refractivity contribution in [3.8, 4) is 5.75 Å². The zero-order chi connectivity index (χ0) is 19.9. The first-order valence-electron chi connectivity index (χ1n) is 9.05. The van der Waals surface area contributed by atoms with E-state index in [1.165, 1.54) is 53.4 Å². The summed E-state index contributed by atoms with van der Waals surface area (Å²) >= 11 is 5.78. The van der Waals surface area contributed by atoms with Crippen molar-refractivity contribution in [3.63, 3.8) is 0 Å². The van der Waals surface area contributed by atoms with Crippen LogP contribution in [-0.4, -0.2) is 20.2 Å². The van der Waals surface area contributed by atoms with Crippen molar-refractivity contribution in [1.82, 2.24) is 0 Å². The Bertz CT molecular complexity index is 994. The fourth-order valence-electron chi connectivity index (χ4n) is 3.84. The van der Waals surface area contributed by atoms with Crippen LogP contribution in [0.5, 0.6) is 5.75 Å². The van der Waals surface area contributed by atoms with Crippen molar-refractivity contribution in [3.05, 3.63) is 53.6 Å². The quantitative estimate of drug-likeness (QED) is 0.556. The summed E-state index contributed by atoms with van der Waals surface area (Å²) in [7, 11) is -4.01. The van der Waals surface area contributed by atoms with E-state index in [0.29, 0.717) is 10.7 Å². The van der Waals surface area contributed by atoms with Crippen molar-refractivity contribution in [2.45, 2.75) is 30.6 Å². The molecule has 0 radical (unpaired) electrons. The van der Waals surface area contributed by atoms with Crippen molar-refractivity contribution in [1.29, 1.82) is 0 Å². The number of carbonyl (C=O) groups excluding carboxylic acids is 2. The lowest BCUT2D eigenvalue weighted by atomic mass is 9.81. The molecule has 2 aliphatic rings. The number of fused-ring (bicyclic) bond motifs is 1. The number of imide groups is 1. The van der Waals surface area contributed by atoms with Gasteiger partial charge in [0.25, 0.3) is 0 Å². The zero-order valence-corrected chi connectivity index (χ0v) is 16.4. The van der Waals surface area contributed by atoms with Crippen LogP contribution in [0.1, 0.15) is 25.7 Å². The van der Waals surface area contributed by atoms with Crippen molar-refractivity contribution >= 4 is 39.2 Å². The second kappa shape index (κ2) is 7.22. The smallest absolute Gasteiger partial charge is 0.339 e. The third-order valence-electron chi connectivity index (χ3n) is 5.24. The van der Waals surface area contributed by atoms with Crippen LogP contribution in [0.2, 0.25) is 5.02 Å². The molecule has 0 spiro atoms. The molecule has 1 saturated carbocycles. The molecule has 0 bridgehead atoms. The molecule has 2 aromatic rings. The van der Waals surface area contributed by atoms with Gasteiger partial charge in [-0.1, -0.05) is 24.4 Å². The van der Waals surface area contributed by atoms with Crippen LogP contribution in [0.15, 0.2) is 53.4 Å². The first-order valence-corrected chi connectivity index (χ1v) is 10.8. The molecule has 0 aromatic heterocycles. The number of halogens is 1. The molecule has 8 heteroatoms. The van der Waals surface area contributed by atoms with E-state index in [2.05, 4.69) is 0 Å². The van der Waals surface area contributed by atoms with Gasteiger partial charge in [0.1, 0.15) is 10.6 Å². The van der Waals surface area contributed by atoms with Gasteiger partial charge in [0.2, 0.25) is 11.8 Å². The number of carbonyl (C=O) groups is 2. The highest BCUT2D eigenvalue weighted by atomic mass is 35.5. The van der Waals surface area contributed by atoms with Crippen LogP contribution >= 0.6 is 11.6 Å². The van der Waals surface area contributed by atoms with Gasteiger partial charge >= 0.3 is 10.1 Å². The van der Waals surface area contributed by atoms with Gasteiger partial charge in [0.05, 0.1) is 17.5 Å². The number of amides is 2. The normalized spacial score (nSPS) is 22.2. The Morgan fingerprint density at radius 3 is 1.93 bits per heavy atom. The predicted octanol–water partition coefficient (Wildman–Crippen LogP) is 3.79. The summed E-state index contributed by atoms with van der Waals surface area (Å²) in [6, 6.07) is 11.6. The molecular weight excluding hydrogens is 402 g/mol. The van der Waals surface area contributed by atoms with Crippen molar-refractivity contribution in [2.75, 3.05) is 4.90 Å². The third-order valence-corrected chi connectivity index (χ3v) is 6.76. The number of benzene rings is 2. The summed E-state index contributed by atoms with van der Waals surface area (Å²) in [4.78, 5) is 26.5. The summed E-state index contributed by atoms with van der Waals surface area (Å²) in [5.74, 6) is -0.713. The summed E-state index contributed by atoms with van der Waals surface area (Å²) in [5.41, 5.74) is 0.431. The highest BCUT2D eigenvalue weighted by molar-refractivity contribution is 7.87. The monoisotopic (exact) mass is 419 g/mol. The number of anilines is 1. The van der Waals surface area contributed by atoms with Crippen LogP contribution in [0.25, 0.3) is 0 Å². The van der Waals surface area contributed by atoms with Gasteiger partial charge in [-0.25, -0.2) is 0 Å². The molecule has 4 rings (SSSR count). The van der Waals surface area contributed by atoms with Gasteiger partial charge < -0.3 is 4.18 Å². The predicted molar refractivity (Wildman–Crippen MR) is 104 cm³/mol. The van der Waals surface area contributed by atoms with E-state index < -0.39 is 10.1 Å². The summed E-state index contributed by atoms with van der Waals surface area (Å²) in [6.45, 7) is 0. The molecular formula is C20H18ClNO5S. The summed E-state index contributed by atoms with van der Waals surface area (Å²) < 4.78 is 29.8. The Morgan fingerprint density at radius 2 is 1.39 bits per heavy atom. The van der Waals surface area contributed by atoms with Gasteiger partial charge in [0, 0.05) is 5.02 Å². The maximum absolute atomic E-state index is 12.6. The lowest BCUT2D eigenvalue weighted by Crippen LogP contribution is -2.30. The van der Waals surface area contributed by atoms with Crippen LogP contribution in [0.4, 0.5) is 5.69 Å².